The maximum absolute atomic E-state index is 6.52. The lowest BCUT2D eigenvalue weighted by molar-refractivity contribution is 0.339. The van der Waals surface area contributed by atoms with Crippen molar-refractivity contribution < 1.29 is 4.74 Å². The third-order valence-electron chi connectivity index (χ3n) is 8.99. The van der Waals surface area contributed by atoms with Gasteiger partial charge in [-0.2, -0.15) is 0 Å². The molecule has 45 heavy (non-hydrogen) atoms. The molecular formula is C42H38OP2. The lowest BCUT2D eigenvalue weighted by Crippen LogP contribution is -2.24. The summed E-state index contributed by atoms with van der Waals surface area (Å²) in [7, 11) is -1.64. The van der Waals surface area contributed by atoms with Crippen molar-refractivity contribution in [3.63, 3.8) is 0 Å². The zero-order valence-electron chi connectivity index (χ0n) is 26.2. The zero-order chi connectivity index (χ0) is 30.8. The van der Waals surface area contributed by atoms with Crippen molar-refractivity contribution in [2.45, 2.75) is 32.6 Å². The number of fused-ring (bicyclic) bond motifs is 3. The number of hydrogen-bond acceptors (Lipinski definition) is 1. The molecule has 0 saturated carbocycles. The van der Waals surface area contributed by atoms with Gasteiger partial charge in [0.1, 0.15) is 5.75 Å². The Morgan fingerprint density at radius 3 is 1.42 bits per heavy atom. The fourth-order valence-corrected chi connectivity index (χ4v) is 14.3. The van der Waals surface area contributed by atoms with E-state index in [1.807, 2.05) is 0 Å². The Labute approximate surface area is 270 Å². The van der Waals surface area contributed by atoms with Gasteiger partial charge >= 0.3 is 0 Å². The largest absolute Gasteiger partial charge is 0.493 e. The fourth-order valence-electron chi connectivity index (χ4n) is 6.90. The first-order chi connectivity index (χ1) is 22.2. The predicted octanol–water partition coefficient (Wildman–Crippen LogP) is 9.54. The molecule has 0 heterocycles. The quantitative estimate of drug-likeness (QED) is 0.146. The first-order valence-electron chi connectivity index (χ1n) is 15.8. The summed E-state index contributed by atoms with van der Waals surface area (Å²) in [5.74, 6) is 1.06. The molecule has 0 unspecified atom stereocenters. The van der Waals surface area contributed by atoms with E-state index in [-0.39, 0.29) is 5.40 Å². The molecule has 0 radical (unpaired) electrons. The summed E-state index contributed by atoms with van der Waals surface area (Å²) in [5, 5.41) is 5.90. The Morgan fingerprint density at radius 2 is 0.978 bits per heavy atom. The van der Waals surface area contributed by atoms with Gasteiger partial charge in [-0.1, -0.05) is 146 Å². The van der Waals surface area contributed by atoms with Gasteiger partial charge in [0.2, 0.25) is 0 Å². The molecule has 0 bridgehead atoms. The molecule has 0 saturated heterocycles. The molecule has 0 aromatic heterocycles. The van der Waals surface area contributed by atoms with Gasteiger partial charge in [0.15, 0.2) is 0 Å². The highest BCUT2D eigenvalue weighted by molar-refractivity contribution is 7.89. The van der Waals surface area contributed by atoms with E-state index in [0.29, 0.717) is 6.61 Å². The topological polar surface area (TPSA) is 9.23 Å². The van der Waals surface area contributed by atoms with E-state index < -0.39 is 15.8 Å². The molecule has 1 aliphatic rings. The molecule has 7 rings (SSSR count). The number of ether oxygens (including phenoxy) is 1. The average Bonchev–Trinajstić information content (AvgIpc) is 3.48. The first-order valence-corrected chi connectivity index (χ1v) is 18.6. The molecule has 6 aromatic carbocycles. The van der Waals surface area contributed by atoms with Gasteiger partial charge in [-0.25, -0.2) is 0 Å². The summed E-state index contributed by atoms with van der Waals surface area (Å²) in [6, 6.07) is 54.2. The van der Waals surface area contributed by atoms with E-state index in [1.165, 1.54) is 60.2 Å². The average molecular weight is 621 g/mol. The highest BCUT2D eigenvalue weighted by Gasteiger charge is 2.40. The van der Waals surface area contributed by atoms with Crippen molar-refractivity contribution in [3.8, 4) is 16.9 Å². The summed E-state index contributed by atoms with van der Waals surface area (Å²) in [6.45, 7) is 7.39. The molecule has 0 spiro atoms. The second-order valence-electron chi connectivity index (χ2n) is 11.6. The second kappa shape index (κ2) is 13.1. The van der Waals surface area contributed by atoms with Crippen LogP contribution in [0.1, 0.15) is 40.1 Å². The standard InChI is InChI=1S/C42H38OP2/c1-4-43-41-31(3)30(2)39(38-29-32-19-17-18-28-37(32)40(38)41)42(44(33-20-9-5-10-21-33)34-22-11-6-12-23-34)45(35-24-13-7-14-25-35)36-26-15-8-16-27-36/h5-28,42H,4,29H2,1-3H3. The Bertz CT molecular complexity index is 1740. The molecule has 0 aliphatic heterocycles. The summed E-state index contributed by atoms with van der Waals surface area (Å²) < 4.78 is 6.52. The Morgan fingerprint density at radius 1 is 0.556 bits per heavy atom. The highest BCUT2D eigenvalue weighted by Crippen LogP contribution is 2.68. The van der Waals surface area contributed by atoms with Crippen molar-refractivity contribution in [2.75, 3.05) is 6.61 Å². The van der Waals surface area contributed by atoms with Crippen LogP contribution >= 0.6 is 15.8 Å². The van der Waals surface area contributed by atoms with Gasteiger partial charge in [0, 0.05) is 11.0 Å². The van der Waals surface area contributed by atoms with Gasteiger partial charge in [0.25, 0.3) is 0 Å². The van der Waals surface area contributed by atoms with Crippen molar-refractivity contribution in [1.29, 1.82) is 0 Å². The molecule has 0 amide bonds. The molecule has 0 atom stereocenters. The van der Waals surface area contributed by atoms with Crippen LogP contribution in [0.25, 0.3) is 11.1 Å². The minimum absolute atomic E-state index is 0.238. The van der Waals surface area contributed by atoms with Crippen molar-refractivity contribution >= 4 is 37.1 Å². The maximum atomic E-state index is 6.52. The second-order valence-corrected chi connectivity index (χ2v) is 16.6. The van der Waals surface area contributed by atoms with Crippen LogP contribution in [-0.2, 0) is 6.42 Å². The smallest absolute Gasteiger partial charge is 0.130 e. The monoisotopic (exact) mass is 620 g/mol. The van der Waals surface area contributed by atoms with Gasteiger partial charge < -0.3 is 4.74 Å². The number of rotatable bonds is 9. The Balaban J connectivity index is 1.61. The fraction of sp³-hybridized carbons (Fsp3) is 0.143. The molecule has 222 valence electrons. The minimum Gasteiger partial charge on any atom is -0.493 e. The van der Waals surface area contributed by atoms with Crippen LogP contribution in [0.15, 0.2) is 146 Å². The van der Waals surface area contributed by atoms with Crippen LogP contribution in [0.4, 0.5) is 0 Å². The number of hydrogen-bond donors (Lipinski definition) is 0. The van der Waals surface area contributed by atoms with Crippen LogP contribution < -0.4 is 26.0 Å². The van der Waals surface area contributed by atoms with E-state index in [0.717, 1.165) is 12.2 Å². The Hall–Kier alpha value is -4.02. The van der Waals surface area contributed by atoms with Crippen molar-refractivity contribution in [1.82, 2.24) is 0 Å². The third kappa shape index (κ3) is 5.55. The van der Waals surface area contributed by atoms with Crippen LogP contribution in [-0.4, -0.2) is 6.61 Å². The van der Waals surface area contributed by atoms with Crippen molar-refractivity contribution in [2.24, 2.45) is 0 Å². The first kappa shape index (κ1) is 29.7. The van der Waals surface area contributed by atoms with Gasteiger partial charge in [0.05, 0.1) is 6.61 Å². The van der Waals surface area contributed by atoms with Crippen LogP contribution in [0, 0.1) is 13.8 Å². The van der Waals surface area contributed by atoms with E-state index in [2.05, 4.69) is 166 Å². The van der Waals surface area contributed by atoms with E-state index in [1.54, 1.807) is 0 Å². The molecule has 0 N–H and O–H groups in total. The number of benzene rings is 6. The maximum Gasteiger partial charge on any atom is 0.130 e. The molecule has 6 aromatic rings. The molecule has 1 aliphatic carbocycles. The lowest BCUT2D eigenvalue weighted by Gasteiger charge is -2.39. The van der Waals surface area contributed by atoms with Gasteiger partial charge in [-0.05, 0) is 97.6 Å². The van der Waals surface area contributed by atoms with Crippen LogP contribution in [0.5, 0.6) is 5.75 Å². The minimum atomic E-state index is -0.818. The molecule has 1 nitrogen and oxygen atoms in total. The van der Waals surface area contributed by atoms with E-state index in [9.17, 15) is 0 Å². The third-order valence-corrected chi connectivity index (χ3v) is 15.3. The predicted molar refractivity (Wildman–Crippen MR) is 196 cm³/mol. The normalized spacial score (nSPS) is 12.0. The summed E-state index contributed by atoms with van der Waals surface area (Å²) in [6.07, 6.45) is 0.929. The lowest BCUT2D eigenvalue weighted by atomic mass is 9.92. The van der Waals surface area contributed by atoms with E-state index in [4.69, 9.17) is 4.74 Å². The van der Waals surface area contributed by atoms with E-state index >= 15 is 0 Å². The Kier molecular flexibility index (Phi) is 8.67. The summed E-state index contributed by atoms with van der Waals surface area (Å²) in [5.41, 5.74) is 9.62. The molecule has 0 fully saturated rings. The highest BCUT2D eigenvalue weighted by atomic mass is 31.2. The molecular weight excluding hydrogens is 582 g/mol. The SMILES string of the molecule is CCOc1c(C)c(C)c(C(P(c2ccccc2)c2ccccc2)P(c2ccccc2)c2ccccc2)c2c1-c1ccccc1C2. The summed E-state index contributed by atoms with van der Waals surface area (Å²) >= 11 is 0. The van der Waals surface area contributed by atoms with Gasteiger partial charge in [-0.3, -0.25) is 0 Å². The molecule has 3 heteroatoms. The zero-order valence-corrected chi connectivity index (χ0v) is 27.9. The van der Waals surface area contributed by atoms with Crippen LogP contribution in [0.2, 0.25) is 0 Å². The summed E-state index contributed by atoms with van der Waals surface area (Å²) in [4.78, 5) is 0. The van der Waals surface area contributed by atoms with Crippen molar-refractivity contribution in [3.05, 3.63) is 173 Å². The van der Waals surface area contributed by atoms with Crippen LogP contribution in [0.3, 0.4) is 0 Å². The van der Waals surface area contributed by atoms with Gasteiger partial charge in [-0.15, -0.1) is 0 Å².